The first kappa shape index (κ1) is 18.1. The van der Waals surface area contributed by atoms with Crippen molar-refractivity contribution in [1.29, 1.82) is 0 Å². The number of urea groups is 1. The SMILES string of the molecule is NC(=O)Nc1cccc(NC(=O)Cc2csc(NC(=O)c3ccco3)n2)c1. The second kappa shape index (κ2) is 8.15. The highest BCUT2D eigenvalue weighted by Crippen LogP contribution is 2.18. The number of amides is 4. The van der Waals surface area contributed by atoms with Gasteiger partial charge in [-0.05, 0) is 30.3 Å². The molecule has 27 heavy (non-hydrogen) atoms. The molecule has 2 heterocycles. The molecule has 0 aliphatic carbocycles. The maximum atomic E-state index is 12.2. The zero-order chi connectivity index (χ0) is 19.2. The number of rotatable bonds is 6. The number of benzene rings is 1. The molecule has 4 amide bonds. The molecule has 2 aromatic heterocycles. The average molecular weight is 385 g/mol. The summed E-state index contributed by atoms with van der Waals surface area (Å²) in [6, 6.07) is 9.05. The Morgan fingerprint density at radius 1 is 1.07 bits per heavy atom. The van der Waals surface area contributed by atoms with Gasteiger partial charge in [0.2, 0.25) is 5.91 Å². The van der Waals surface area contributed by atoms with Gasteiger partial charge in [-0.3, -0.25) is 14.9 Å². The van der Waals surface area contributed by atoms with Gasteiger partial charge in [0.1, 0.15) is 0 Å². The summed E-state index contributed by atoms with van der Waals surface area (Å²) in [5, 5.41) is 9.79. The van der Waals surface area contributed by atoms with E-state index in [2.05, 4.69) is 20.9 Å². The van der Waals surface area contributed by atoms with E-state index in [1.54, 1.807) is 41.8 Å². The van der Waals surface area contributed by atoms with Crippen LogP contribution in [0.15, 0.2) is 52.5 Å². The molecule has 0 spiro atoms. The molecule has 5 N–H and O–H groups in total. The van der Waals surface area contributed by atoms with E-state index in [-0.39, 0.29) is 18.1 Å². The van der Waals surface area contributed by atoms with Crippen molar-refractivity contribution in [2.45, 2.75) is 6.42 Å². The van der Waals surface area contributed by atoms with Gasteiger partial charge < -0.3 is 20.8 Å². The van der Waals surface area contributed by atoms with Crippen LogP contribution in [-0.4, -0.2) is 22.8 Å². The summed E-state index contributed by atoms with van der Waals surface area (Å²) in [7, 11) is 0. The normalized spacial score (nSPS) is 10.2. The highest BCUT2D eigenvalue weighted by molar-refractivity contribution is 7.14. The first-order valence-corrected chi connectivity index (χ1v) is 8.63. The lowest BCUT2D eigenvalue weighted by molar-refractivity contribution is -0.115. The quantitative estimate of drug-likeness (QED) is 0.516. The van der Waals surface area contributed by atoms with Gasteiger partial charge in [-0.2, -0.15) is 0 Å². The predicted octanol–water partition coefficient (Wildman–Crippen LogP) is 2.66. The molecule has 3 aromatic rings. The number of carbonyl (C=O) groups excluding carboxylic acids is 3. The Kier molecular flexibility index (Phi) is 5.47. The monoisotopic (exact) mass is 385 g/mol. The van der Waals surface area contributed by atoms with Crippen molar-refractivity contribution in [3.8, 4) is 0 Å². The maximum absolute atomic E-state index is 12.2. The highest BCUT2D eigenvalue weighted by Gasteiger charge is 2.13. The van der Waals surface area contributed by atoms with Crippen molar-refractivity contribution in [2.24, 2.45) is 5.73 Å². The minimum atomic E-state index is -0.690. The zero-order valence-electron chi connectivity index (χ0n) is 13.9. The van der Waals surface area contributed by atoms with Crippen LogP contribution in [0.25, 0.3) is 0 Å². The average Bonchev–Trinajstić information content (AvgIpc) is 3.26. The second-order valence-electron chi connectivity index (χ2n) is 5.37. The van der Waals surface area contributed by atoms with Gasteiger partial charge in [-0.1, -0.05) is 6.07 Å². The van der Waals surface area contributed by atoms with E-state index in [9.17, 15) is 14.4 Å². The number of thiazole rings is 1. The summed E-state index contributed by atoms with van der Waals surface area (Å²) in [5.41, 5.74) is 6.55. The van der Waals surface area contributed by atoms with Crippen LogP contribution in [0.5, 0.6) is 0 Å². The van der Waals surface area contributed by atoms with E-state index < -0.39 is 11.9 Å². The molecule has 0 aliphatic rings. The van der Waals surface area contributed by atoms with Crippen LogP contribution in [0.1, 0.15) is 16.2 Å². The number of aromatic nitrogens is 1. The molecule has 9 nitrogen and oxygen atoms in total. The van der Waals surface area contributed by atoms with E-state index in [0.717, 1.165) is 0 Å². The van der Waals surface area contributed by atoms with E-state index in [1.807, 2.05) is 0 Å². The third-order valence-electron chi connectivity index (χ3n) is 3.27. The number of nitrogens with one attached hydrogen (secondary N) is 3. The molecule has 0 saturated carbocycles. The number of anilines is 3. The van der Waals surface area contributed by atoms with Crippen molar-refractivity contribution in [2.75, 3.05) is 16.0 Å². The molecule has 3 rings (SSSR count). The molecule has 0 aliphatic heterocycles. The van der Waals surface area contributed by atoms with Crippen LogP contribution >= 0.6 is 11.3 Å². The summed E-state index contributed by atoms with van der Waals surface area (Å²) in [4.78, 5) is 39.2. The number of nitrogens with two attached hydrogens (primary N) is 1. The van der Waals surface area contributed by atoms with Crippen molar-refractivity contribution in [3.63, 3.8) is 0 Å². The molecule has 1 aromatic carbocycles. The number of furan rings is 1. The van der Waals surface area contributed by atoms with Gasteiger partial charge in [-0.25, -0.2) is 9.78 Å². The molecule has 0 unspecified atom stereocenters. The Hall–Kier alpha value is -3.66. The van der Waals surface area contributed by atoms with Gasteiger partial charge >= 0.3 is 6.03 Å². The number of primary amides is 1. The maximum Gasteiger partial charge on any atom is 0.316 e. The molecule has 0 atom stereocenters. The molecule has 138 valence electrons. The Morgan fingerprint density at radius 2 is 1.85 bits per heavy atom. The number of nitrogens with zero attached hydrogens (tertiary/aromatic N) is 1. The number of hydrogen-bond acceptors (Lipinski definition) is 6. The Morgan fingerprint density at radius 3 is 2.56 bits per heavy atom. The second-order valence-corrected chi connectivity index (χ2v) is 6.23. The van der Waals surface area contributed by atoms with Crippen LogP contribution in [0.4, 0.5) is 21.3 Å². The van der Waals surface area contributed by atoms with E-state index >= 15 is 0 Å². The summed E-state index contributed by atoms with van der Waals surface area (Å²) in [5.74, 6) is -0.529. The summed E-state index contributed by atoms with van der Waals surface area (Å²) in [6.45, 7) is 0. The van der Waals surface area contributed by atoms with Crippen molar-refractivity contribution >= 4 is 45.7 Å². The van der Waals surface area contributed by atoms with Crippen molar-refractivity contribution < 1.29 is 18.8 Å². The lowest BCUT2D eigenvalue weighted by atomic mass is 10.2. The van der Waals surface area contributed by atoms with Crippen molar-refractivity contribution in [3.05, 3.63) is 59.5 Å². The van der Waals surface area contributed by atoms with Gasteiger partial charge in [0.05, 0.1) is 18.4 Å². The van der Waals surface area contributed by atoms with Crippen LogP contribution in [0.3, 0.4) is 0 Å². The largest absolute Gasteiger partial charge is 0.459 e. The summed E-state index contributed by atoms with van der Waals surface area (Å²) < 4.78 is 5.01. The fourth-order valence-electron chi connectivity index (χ4n) is 2.20. The van der Waals surface area contributed by atoms with Crippen LogP contribution < -0.4 is 21.7 Å². The van der Waals surface area contributed by atoms with Gasteiger partial charge in [0.25, 0.3) is 5.91 Å². The summed E-state index contributed by atoms with van der Waals surface area (Å²) in [6.07, 6.45) is 1.43. The predicted molar refractivity (Wildman–Crippen MR) is 101 cm³/mol. The molecular weight excluding hydrogens is 370 g/mol. The lowest BCUT2D eigenvalue weighted by Crippen LogP contribution is -2.19. The number of carbonyl (C=O) groups is 3. The topological polar surface area (TPSA) is 139 Å². The fourth-order valence-corrected chi connectivity index (χ4v) is 2.90. The fraction of sp³-hybridized carbons (Fsp3) is 0.0588. The molecule has 10 heteroatoms. The van der Waals surface area contributed by atoms with E-state index in [4.69, 9.17) is 10.2 Å². The molecule has 0 saturated heterocycles. The minimum absolute atomic E-state index is 0.0284. The smallest absolute Gasteiger partial charge is 0.316 e. The van der Waals surface area contributed by atoms with Gasteiger partial charge in [-0.15, -0.1) is 11.3 Å². The van der Waals surface area contributed by atoms with Crippen molar-refractivity contribution in [1.82, 2.24) is 4.98 Å². The molecular formula is C17H15N5O4S. The van der Waals surface area contributed by atoms with E-state index in [1.165, 1.54) is 17.6 Å². The Balaban J connectivity index is 1.56. The molecule has 0 fully saturated rings. The lowest BCUT2D eigenvalue weighted by Gasteiger charge is -2.07. The van der Waals surface area contributed by atoms with Gasteiger partial charge in [0.15, 0.2) is 10.9 Å². The zero-order valence-corrected chi connectivity index (χ0v) is 14.7. The van der Waals surface area contributed by atoms with Crippen LogP contribution in [0, 0.1) is 0 Å². The number of hydrogen-bond donors (Lipinski definition) is 4. The third kappa shape index (κ3) is 5.16. The van der Waals surface area contributed by atoms with E-state index in [0.29, 0.717) is 22.2 Å². The standard InChI is InChI=1S/C17H15N5O4S/c18-16(25)20-11-4-1-3-10(7-11)19-14(23)8-12-9-27-17(21-12)22-15(24)13-5-2-6-26-13/h1-7,9H,8H2,(H,19,23)(H3,18,20,25)(H,21,22,24). The first-order chi connectivity index (χ1) is 13.0. The summed E-state index contributed by atoms with van der Waals surface area (Å²) >= 11 is 1.21. The van der Waals surface area contributed by atoms with Gasteiger partial charge in [0, 0.05) is 16.8 Å². The Bertz CT molecular complexity index is 967. The third-order valence-corrected chi connectivity index (χ3v) is 4.08. The van der Waals surface area contributed by atoms with Crippen LogP contribution in [0.2, 0.25) is 0 Å². The highest BCUT2D eigenvalue weighted by atomic mass is 32.1. The minimum Gasteiger partial charge on any atom is -0.459 e. The first-order valence-electron chi connectivity index (χ1n) is 7.75. The molecule has 0 bridgehead atoms. The van der Waals surface area contributed by atoms with Crippen LogP contribution in [-0.2, 0) is 11.2 Å². The molecule has 0 radical (unpaired) electrons. The Labute approximate surface area is 157 Å².